The van der Waals surface area contributed by atoms with E-state index < -0.39 is 0 Å². The van der Waals surface area contributed by atoms with Crippen molar-refractivity contribution in [2.45, 2.75) is 12.8 Å². The Kier molecular flexibility index (Phi) is 5.69. The van der Waals surface area contributed by atoms with Gasteiger partial charge in [0.15, 0.2) is 0 Å². The van der Waals surface area contributed by atoms with Crippen LogP contribution >= 0.6 is 0 Å². The van der Waals surface area contributed by atoms with Crippen LogP contribution in [-0.4, -0.2) is 36.9 Å². The Bertz CT molecular complexity index is 806. The molecule has 2 aromatic rings. The monoisotopic (exact) mass is 350 g/mol. The molecule has 1 aliphatic heterocycles. The Morgan fingerprint density at radius 3 is 2.42 bits per heavy atom. The van der Waals surface area contributed by atoms with Crippen molar-refractivity contribution in [3.8, 4) is 5.75 Å². The van der Waals surface area contributed by atoms with Crippen molar-refractivity contribution in [2.24, 2.45) is 0 Å². The van der Waals surface area contributed by atoms with Crippen LogP contribution in [0.3, 0.4) is 0 Å². The van der Waals surface area contributed by atoms with Gasteiger partial charge >= 0.3 is 0 Å². The Morgan fingerprint density at radius 1 is 1.04 bits per heavy atom. The standard InChI is InChI=1S/C21H22N2O3/c1-26-19-7-3-2-6-16(19)10-13-20(24)22-18-11-8-17(9-12-18)21(25)23-14-4-5-15-23/h2-3,6-13H,4-5,14-15H2,1H3,(H,22,24)/b13-10+. The van der Waals surface area contributed by atoms with Gasteiger partial charge in [0.25, 0.3) is 5.91 Å². The summed E-state index contributed by atoms with van der Waals surface area (Å²) in [6.07, 6.45) is 5.30. The first-order valence-corrected chi connectivity index (χ1v) is 8.69. The molecule has 5 heteroatoms. The Morgan fingerprint density at radius 2 is 1.73 bits per heavy atom. The fourth-order valence-electron chi connectivity index (χ4n) is 2.95. The van der Waals surface area contributed by atoms with Crippen molar-refractivity contribution in [1.82, 2.24) is 4.90 Å². The van der Waals surface area contributed by atoms with Crippen LogP contribution in [0.1, 0.15) is 28.8 Å². The van der Waals surface area contributed by atoms with Gasteiger partial charge in [0.2, 0.25) is 5.91 Å². The lowest BCUT2D eigenvalue weighted by Crippen LogP contribution is -2.27. The lowest BCUT2D eigenvalue weighted by molar-refractivity contribution is -0.111. The van der Waals surface area contributed by atoms with Crippen LogP contribution in [0.5, 0.6) is 5.75 Å². The number of para-hydroxylation sites is 1. The number of hydrogen-bond donors (Lipinski definition) is 1. The number of hydrogen-bond acceptors (Lipinski definition) is 3. The van der Waals surface area contributed by atoms with Gasteiger partial charge in [-0.2, -0.15) is 0 Å². The van der Waals surface area contributed by atoms with E-state index >= 15 is 0 Å². The lowest BCUT2D eigenvalue weighted by atomic mass is 10.1. The zero-order valence-corrected chi connectivity index (χ0v) is 14.8. The minimum absolute atomic E-state index is 0.0523. The molecule has 0 saturated carbocycles. The van der Waals surface area contributed by atoms with Crippen molar-refractivity contribution in [3.05, 3.63) is 65.7 Å². The maximum Gasteiger partial charge on any atom is 0.253 e. The maximum atomic E-state index is 12.3. The minimum atomic E-state index is -0.241. The van der Waals surface area contributed by atoms with Gasteiger partial charge in [-0.05, 0) is 49.2 Å². The first-order chi connectivity index (χ1) is 12.7. The number of methoxy groups -OCH3 is 1. The summed E-state index contributed by atoms with van der Waals surface area (Å²) in [7, 11) is 1.59. The van der Waals surface area contributed by atoms with E-state index in [1.807, 2.05) is 29.2 Å². The van der Waals surface area contributed by atoms with Crippen molar-refractivity contribution in [1.29, 1.82) is 0 Å². The van der Waals surface area contributed by atoms with E-state index in [-0.39, 0.29) is 11.8 Å². The molecule has 3 rings (SSSR count). The molecule has 1 N–H and O–H groups in total. The molecule has 0 bridgehead atoms. The molecule has 134 valence electrons. The number of anilines is 1. The Labute approximate surface area is 153 Å². The summed E-state index contributed by atoms with van der Waals surface area (Å²) in [5, 5.41) is 2.79. The molecule has 0 aliphatic carbocycles. The first-order valence-electron chi connectivity index (χ1n) is 8.69. The average molecular weight is 350 g/mol. The van der Waals surface area contributed by atoms with Crippen LogP contribution in [0.4, 0.5) is 5.69 Å². The van der Waals surface area contributed by atoms with E-state index in [4.69, 9.17) is 4.74 Å². The zero-order chi connectivity index (χ0) is 18.4. The second-order valence-electron chi connectivity index (χ2n) is 6.14. The van der Waals surface area contributed by atoms with Crippen LogP contribution in [-0.2, 0) is 4.79 Å². The van der Waals surface area contributed by atoms with Gasteiger partial charge in [0.05, 0.1) is 7.11 Å². The predicted molar refractivity (Wildman–Crippen MR) is 102 cm³/mol. The normalized spacial score (nSPS) is 13.8. The third kappa shape index (κ3) is 4.30. The number of carbonyl (C=O) groups excluding carboxylic acids is 2. The molecule has 2 amide bonds. The predicted octanol–water partition coefficient (Wildman–Crippen LogP) is 3.58. The molecule has 0 unspecified atom stereocenters. The molecule has 1 heterocycles. The van der Waals surface area contributed by atoms with Gasteiger partial charge in [0.1, 0.15) is 5.75 Å². The number of nitrogens with one attached hydrogen (secondary N) is 1. The number of rotatable bonds is 5. The lowest BCUT2D eigenvalue weighted by Gasteiger charge is -2.15. The van der Waals surface area contributed by atoms with Crippen molar-refractivity contribution in [3.63, 3.8) is 0 Å². The van der Waals surface area contributed by atoms with E-state index in [0.717, 1.165) is 31.5 Å². The molecule has 1 fully saturated rings. The molecule has 2 aromatic carbocycles. The third-order valence-electron chi connectivity index (χ3n) is 4.35. The van der Waals surface area contributed by atoms with E-state index in [1.165, 1.54) is 6.08 Å². The van der Waals surface area contributed by atoms with Crippen molar-refractivity contribution >= 4 is 23.6 Å². The highest BCUT2D eigenvalue weighted by molar-refractivity contribution is 6.02. The highest BCUT2D eigenvalue weighted by atomic mass is 16.5. The molecule has 0 atom stereocenters. The van der Waals surface area contributed by atoms with Gasteiger partial charge in [-0.25, -0.2) is 0 Å². The summed E-state index contributed by atoms with van der Waals surface area (Å²) in [5.74, 6) is 0.521. The number of benzene rings is 2. The summed E-state index contributed by atoms with van der Waals surface area (Å²) in [4.78, 5) is 26.3. The topological polar surface area (TPSA) is 58.6 Å². The molecule has 26 heavy (non-hydrogen) atoms. The molecule has 0 radical (unpaired) electrons. The van der Waals surface area contributed by atoms with E-state index in [2.05, 4.69) is 5.32 Å². The smallest absolute Gasteiger partial charge is 0.253 e. The number of ether oxygens (including phenoxy) is 1. The van der Waals surface area contributed by atoms with Crippen LogP contribution in [0.25, 0.3) is 6.08 Å². The first kappa shape index (κ1) is 17.7. The van der Waals surface area contributed by atoms with Gasteiger partial charge in [-0.15, -0.1) is 0 Å². The van der Waals surface area contributed by atoms with Gasteiger partial charge < -0.3 is 15.0 Å². The SMILES string of the molecule is COc1ccccc1/C=C/C(=O)Nc1ccc(C(=O)N2CCCC2)cc1. The Hall–Kier alpha value is -3.08. The number of likely N-dealkylation sites (tertiary alicyclic amines) is 1. The molecule has 1 saturated heterocycles. The third-order valence-corrected chi connectivity index (χ3v) is 4.35. The van der Waals surface area contributed by atoms with E-state index in [0.29, 0.717) is 17.0 Å². The highest BCUT2D eigenvalue weighted by Gasteiger charge is 2.19. The number of amides is 2. The van der Waals surface area contributed by atoms with E-state index in [1.54, 1.807) is 37.5 Å². The van der Waals surface area contributed by atoms with E-state index in [9.17, 15) is 9.59 Å². The number of nitrogens with zero attached hydrogens (tertiary/aromatic N) is 1. The van der Waals surface area contributed by atoms with Crippen molar-refractivity contribution in [2.75, 3.05) is 25.5 Å². The molecule has 0 aromatic heterocycles. The highest BCUT2D eigenvalue weighted by Crippen LogP contribution is 2.19. The van der Waals surface area contributed by atoms with Crippen LogP contribution in [0.15, 0.2) is 54.6 Å². The summed E-state index contributed by atoms with van der Waals surface area (Å²) in [6.45, 7) is 1.65. The largest absolute Gasteiger partial charge is 0.496 e. The van der Waals surface area contributed by atoms with Crippen LogP contribution in [0, 0.1) is 0 Å². The quantitative estimate of drug-likeness (QED) is 0.839. The second-order valence-corrected chi connectivity index (χ2v) is 6.14. The second kappa shape index (κ2) is 8.34. The van der Waals surface area contributed by atoms with Crippen LogP contribution < -0.4 is 10.1 Å². The number of carbonyl (C=O) groups is 2. The molecule has 1 aliphatic rings. The fraction of sp³-hybridized carbons (Fsp3) is 0.238. The average Bonchev–Trinajstić information content (AvgIpc) is 3.21. The zero-order valence-electron chi connectivity index (χ0n) is 14.8. The van der Waals surface area contributed by atoms with Gasteiger partial charge in [-0.1, -0.05) is 18.2 Å². The molecular formula is C21H22N2O3. The summed E-state index contributed by atoms with van der Waals surface area (Å²) in [6, 6.07) is 14.5. The summed E-state index contributed by atoms with van der Waals surface area (Å²) < 4.78 is 5.25. The summed E-state index contributed by atoms with van der Waals surface area (Å²) in [5.41, 5.74) is 2.13. The van der Waals surface area contributed by atoms with Crippen molar-refractivity contribution < 1.29 is 14.3 Å². The van der Waals surface area contributed by atoms with Gasteiger partial charge in [0, 0.05) is 36.0 Å². The fourth-order valence-corrected chi connectivity index (χ4v) is 2.95. The maximum absolute atomic E-state index is 12.3. The van der Waals surface area contributed by atoms with Crippen LogP contribution in [0.2, 0.25) is 0 Å². The van der Waals surface area contributed by atoms with Gasteiger partial charge in [-0.3, -0.25) is 9.59 Å². The minimum Gasteiger partial charge on any atom is -0.496 e. The molecular weight excluding hydrogens is 328 g/mol. The molecule has 5 nitrogen and oxygen atoms in total. The Balaban J connectivity index is 1.60. The molecule has 0 spiro atoms. The summed E-state index contributed by atoms with van der Waals surface area (Å²) >= 11 is 0.